The van der Waals surface area contributed by atoms with Gasteiger partial charge in [-0.25, -0.2) is 0 Å². The summed E-state index contributed by atoms with van der Waals surface area (Å²) >= 11 is 0. The summed E-state index contributed by atoms with van der Waals surface area (Å²) in [6, 6.07) is 8.11. The number of nitrogens with one attached hydrogen (secondary N) is 1. The van der Waals surface area contributed by atoms with E-state index in [-0.39, 0.29) is 5.91 Å². The number of aryl methyl sites for hydroxylation is 2. The number of nitrogens with zero attached hydrogens (tertiary/aromatic N) is 2. The molecule has 0 saturated heterocycles. The minimum atomic E-state index is 0.0888. The van der Waals surface area contributed by atoms with Crippen molar-refractivity contribution in [2.75, 3.05) is 6.54 Å². The van der Waals surface area contributed by atoms with Crippen molar-refractivity contribution in [2.24, 2.45) is 5.92 Å². The van der Waals surface area contributed by atoms with Gasteiger partial charge in [-0.1, -0.05) is 32.0 Å². The highest BCUT2D eigenvalue weighted by Crippen LogP contribution is 2.17. The first-order valence-corrected chi connectivity index (χ1v) is 6.76. The van der Waals surface area contributed by atoms with E-state index < -0.39 is 0 Å². The van der Waals surface area contributed by atoms with Crippen LogP contribution in [0.1, 0.15) is 26.0 Å². The summed E-state index contributed by atoms with van der Waals surface area (Å²) in [7, 11) is 0. The van der Waals surface area contributed by atoms with Crippen LogP contribution < -0.4 is 5.32 Å². The van der Waals surface area contributed by atoms with Crippen molar-refractivity contribution >= 4 is 16.8 Å². The normalized spacial score (nSPS) is 11.2. The number of fused-ring (bicyclic) bond motifs is 1. The predicted molar refractivity (Wildman–Crippen MR) is 76.9 cm³/mol. The number of para-hydroxylation sites is 1. The van der Waals surface area contributed by atoms with E-state index >= 15 is 0 Å². The van der Waals surface area contributed by atoms with Crippen LogP contribution in [-0.4, -0.2) is 22.2 Å². The highest BCUT2D eigenvalue weighted by Gasteiger charge is 2.08. The number of carbonyl (C=O) groups excluding carboxylic acids is 1. The Kier molecular flexibility index (Phi) is 4.20. The van der Waals surface area contributed by atoms with Crippen LogP contribution in [-0.2, 0) is 11.3 Å². The number of benzene rings is 1. The third-order valence-corrected chi connectivity index (χ3v) is 3.10. The standard InChI is InChI=1S/C15H21N3O/c1-11(2)10-16-15(19)8-9-18-14-7-5-4-6-13(14)12(3)17-18/h4-7,11H,8-10H2,1-3H3,(H,16,19). The SMILES string of the molecule is Cc1nn(CCC(=O)NCC(C)C)c2ccccc12. The molecule has 0 aliphatic rings. The maximum Gasteiger partial charge on any atom is 0.221 e. The van der Waals surface area contributed by atoms with Crippen LogP contribution in [0.25, 0.3) is 10.9 Å². The van der Waals surface area contributed by atoms with Gasteiger partial charge in [0.15, 0.2) is 0 Å². The van der Waals surface area contributed by atoms with Gasteiger partial charge in [-0.05, 0) is 18.9 Å². The summed E-state index contributed by atoms with van der Waals surface area (Å²) in [6.07, 6.45) is 0.470. The van der Waals surface area contributed by atoms with Gasteiger partial charge in [0.2, 0.25) is 5.91 Å². The molecule has 0 aliphatic carbocycles. The van der Waals surface area contributed by atoms with Gasteiger partial charge >= 0.3 is 0 Å². The molecule has 0 radical (unpaired) electrons. The Morgan fingerprint density at radius 1 is 1.37 bits per heavy atom. The van der Waals surface area contributed by atoms with Gasteiger partial charge in [0.25, 0.3) is 0 Å². The van der Waals surface area contributed by atoms with E-state index in [2.05, 4.69) is 30.3 Å². The number of rotatable bonds is 5. The number of carbonyl (C=O) groups is 1. The van der Waals surface area contributed by atoms with Gasteiger partial charge in [-0.15, -0.1) is 0 Å². The number of amides is 1. The lowest BCUT2D eigenvalue weighted by Crippen LogP contribution is -2.28. The zero-order valence-electron chi connectivity index (χ0n) is 11.8. The van der Waals surface area contributed by atoms with E-state index in [0.29, 0.717) is 18.9 Å². The van der Waals surface area contributed by atoms with Crippen LogP contribution in [0.15, 0.2) is 24.3 Å². The summed E-state index contributed by atoms with van der Waals surface area (Å²) in [6.45, 7) is 7.53. The Morgan fingerprint density at radius 2 is 2.11 bits per heavy atom. The van der Waals surface area contributed by atoms with Crippen molar-refractivity contribution in [3.05, 3.63) is 30.0 Å². The van der Waals surface area contributed by atoms with Crippen LogP contribution in [0.2, 0.25) is 0 Å². The monoisotopic (exact) mass is 259 g/mol. The molecule has 1 aromatic carbocycles. The van der Waals surface area contributed by atoms with Gasteiger partial charge in [-0.3, -0.25) is 9.48 Å². The Labute approximate surface area is 113 Å². The Hall–Kier alpha value is -1.84. The third kappa shape index (κ3) is 3.34. The quantitative estimate of drug-likeness (QED) is 0.896. The van der Waals surface area contributed by atoms with E-state index in [1.807, 2.05) is 29.8 Å². The predicted octanol–water partition coefficient (Wildman–Crippen LogP) is 2.51. The topological polar surface area (TPSA) is 46.9 Å². The summed E-state index contributed by atoms with van der Waals surface area (Å²) < 4.78 is 1.92. The number of hydrogen-bond acceptors (Lipinski definition) is 2. The molecule has 0 spiro atoms. The van der Waals surface area contributed by atoms with Crippen LogP contribution >= 0.6 is 0 Å². The molecular weight excluding hydrogens is 238 g/mol. The van der Waals surface area contributed by atoms with E-state index in [1.165, 1.54) is 0 Å². The van der Waals surface area contributed by atoms with Crippen molar-refractivity contribution in [2.45, 2.75) is 33.7 Å². The first kappa shape index (κ1) is 13.6. The largest absolute Gasteiger partial charge is 0.356 e. The fourth-order valence-corrected chi connectivity index (χ4v) is 2.08. The Bertz CT molecular complexity index is 572. The molecule has 102 valence electrons. The molecule has 2 rings (SSSR count). The van der Waals surface area contributed by atoms with E-state index in [4.69, 9.17) is 0 Å². The second-order valence-electron chi connectivity index (χ2n) is 5.27. The molecule has 4 nitrogen and oxygen atoms in total. The van der Waals surface area contributed by atoms with Gasteiger partial charge < -0.3 is 5.32 Å². The summed E-state index contributed by atoms with van der Waals surface area (Å²) in [4.78, 5) is 11.7. The highest BCUT2D eigenvalue weighted by molar-refractivity contribution is 5.82. The lowest BCUT2D eigenvalue weighted by molar-refractivity contribution is -0.121. The average Bonchev–Trinajstić information content (AvgIpc) is 2.71. The van der Waals surface area contributed by atoms with Gasteiger partial charge in [0.05, 0.1) is 17.8 Å². The first-order valence-electron chi connectivity index (χ1n) is 6.76. The minimum Gasteiger partial charge on any atom is -0.356 e. The fraction of sp³-hybridized carbons (Fsp3) is 0.467. The lowest BCUT2D eigenvalue weighted by Gasteiger charge is -2.08. The average molecular weight is 259 g/mol. The van der Waals surface area contributed by atoms with Crippen molar-refractivity contribution in [3.63, 3.8) is 0 Å². The molecule has 0 atom stereocenters. The molecule has 0 fully saturated rings. The number of aromatic nitrogens is 2. The zero-order chi connectivity index (χ0) is 13.8. The second-order valence-corrected chi connectivity index (χ2v) is 5.27. The summed E-state index contributed by atoms with van der Waals surface area (Å²) in [5.74, 6) is 0.572. The summed E-state index contributed by atoms with van der Waals surface area (Å²) in [5.41, 5.74) is 2.11. The van der Waals surface area contributed by atoms with E-state index in [1.54, 1.807) is 0 Å². The molecule has 1 heterocycles. The van der Waals surface area contributed by atoms with Crippen molar-refractivity contribution < 1.29 is 4.79 Å². The molecule has 1 amide bonds. The van der Waals surface area contributed by atoms with Crippen LogP contribution in [0.3, 0.4) is 0 Å². The highest BCUT2D eigenvalue weighted by atomic mass is 16.1. The second kappa shape index (κ2) is 5.87. The molecule has 0 saturated carbocycles. The van der Waals surface area contributed by atoms with E-state index in [0.717, 1.165) is 23.1 Å². The van der Waals surface area contributed by atoms with Crippen molar-refractivity contribution in [1.29, 1.82) is 0 Å². The molecule has 19 heavy (non-hydrogen) atoms. The Morgan fingerprint density at radius 3 is 2.84 bits per heavy atom. The molecule has 0 unspecified atom stereocenters. The van der Waals surface area contributed by atoms with Crippen LogP contribution in [0.4, 0.5) is 0 Å². The fourth-order valence-electron chi connectivity index (χ4n) is 2.08. The maximum atomic E-state index is 11.7. The van der Waals surface area contributed by atoms with Crippen LogP contribution in [0, 0.1) is 12.8 Å². The maximum absolute atomic E-state index is 11.7. The summed E-state index contributed by atoms with van der Waals surface area (Å²) in [5, 5.41) is 8.58. The molecule has 1 aromatic heterocycles. The third-order valence-electron chi connectivity index (χ3n) is 3.10. The zero-order valence-corrected chi connectivity index (χ0v) is 11.8. The van der Waals surface area contributed by atoms with Gasteiger partial charge in [0, 0.05) is 18.4 Å². The number of hydrogen-bond donors (Lipinski definition) is 1. The molecule has 0 aliphatic heterocycles. The van der Waals surface area contributed by atoms with Gasteiger partial charge in [0.1, 0.15) is 0 Å². The van der Waals surface area contributed by atoms with Crippen molar-refractivity contribution in [3.8, 4) is 0 Å². The van der Waals surface area contributed by atoms with Crippen LogP contribution in [0.5, 0.6) is 0 Å². The molecule has 1 N–H and O–H groups in total. The van der Waals surface area contributed by atoms with E-state index in [9.17, 15) is 4.79 Å². The molecular formula is C15H21N3O. The minimum absolute atomic E-state index is 0.0888. The molecule has 2 aromatic rings. The van der Waals surface area contributed by atoms with Crippen molar-refractivity contribution in [1.82, 2.24) is 15.1 Å². The first-order chi connectivity index (χ1) is 9.08. The molecule has 0 bridgehead atoms. The smallest absolute Gasteiger partial charge is 0.221 e. The van der Waals surface area contributed by atoms with Gasteiger partial charge in [-0.2, -0.15) is 5.10 Å². The molecule has 4 heteroatoms. The Balaban J connectivity index is 2.00. The lowest BCUT2D eigenvalue weighted by atomic mass is 10.2.